The van der Waals surface area contributed by atoms with Crippen molar-refractivity contribution in [3.63, 3.8) is 0 Å². The first kappa shape index (κ1) is 30.7. The first-order chi connectivity index (χ1) is 22.4. The van der Waals surface area contributed by atoms with Crippen LogP contribution in [0.1, 0.15) is 51.2 Å². The highest BCUT2D eigenvalue weighted by Crippen LogP contribution is 2.47. The van der Waals surface area contributed by atoms with E-state index in [1.54, 1.807) is 24.5 Å². The fourth-order valence-electron chi connectivity index (χ4n) is 5.81. The minimum atomic E-state index is -0.212. The molecule has 7 rings (SSSR count). The molecule has 0 saturated heterocycles. The Morgan fingerprint density at radius 1 is 0.630 bits per heavy atom. The molecule has 46 heavy (non-hydrogen) atoms. The second kappa shape index (κ2) is 13.1. The molecule has 0 radical (unpaired) electrons. The molecule has 0 fully saturated rings. The topological polar surface area (TPSA) is 51.6 Å². The van der Waals surface area contributed by atoms with Gasteiger partial charge in [0.05, 0.1) is 11.7 Å². The van der Waals surface area contributed by atoms with Crippen molar-refractivity contribution in [3.8, 4) is 41.8 Å². The number of nitrogens with zero attached hydrogens (tertiary/aromatic N) is 4. The Kier molecular flexibility index (Phi) is 8.72. The molecule has 0 aliphatic carbocycles. The summed E-state index contributed by atoms with van der Waals surface area (Å²) in [5, 5.41) is 0. The zero-order valence-electron chi connectivity index (χ0n) is 25.8. The fourth-order valence-corrected chi connectivity index (χ4v) is 8.53. The van der Waals surface area contributed by atoms with Crippen LogP contribution in [0.4, 0.5) is 8.78 Å². The Morgan fingerprint density at radius 2 is 1.13 bits per heavy atom. The predicted octanol–water partition coefficient (Wildman–Crippen LogP) is 11.6. The van der Waals surface area contributed by atoms with Gasteiger partial charge in [-0.2, -0.15) is 8.75 Å². The number of unbranched alkanes of at least 4 members (excludes halogenated alkanes) is 1. The van der Waals surface area contributed by atoms with Crippen molar-refractivity contribution in [2.75, 3.05) is 0 Å². The third kappa shape index (κ3) is 5.87. The first-order valence-corrected chi connectivity index (χ1v) is 17.9. The lowest BCUT2D eigenvalue weighted by Gasteiger charge is -2.10. The lowest BCUT2D eigenvalue weighted by Crippen LogP contribution is -1.93. The Morgan fingerprint density at radius 3 is 1.61 bits per heavy atom. The number of rotatable bonds is 10. The average molecular weight is 667 g/mol. The number of hydrogen-bond donors (Lipinski definition) is 0. The van der Waals surface area contributed by atoms with Gasteiger partial charge in [-0.1, -0.05) is 51.5 Å². The highest BCUT2D eigenvalue weighted by Gasteiger charge is 2.24. The van der Waals surface area contributed by atoms with E-state index in [4.69, 9.17) is 18.7 Å². The molecule has 0 aliphatic heterocycles. The Hall–Kier alpha value is -3.92. The van der Waals surface area contributed by atoms with Gasteiger partial charge < -0.3 is 0 Å². The molecule has 0 bridgehead atoms. The summed E-state index contributed by atoms with van der Waals surface area (Å²) in [7, 11) is 0. The van der Waals surface area contributed by atoms with Gasteiger partial charge in [-0.15, -0.1) is 22.7 Å². The van der Waals surface area contributed by atoms with E-state index < -0.39 is 0 Å². The van der Waals surface area contributed by atoms with Crippen LogP contribution < -0.4 is 0 Å². The van der Waals surface area contributed by atoms with Crippen LogP contribution in [-0.4, -0.2) is 18.7 Å². The summed E-state index contributed by atoms with van der Waals surface area (Å²) in [6.07, 6.45) is 8.24. The largest absolute Gasteiger partial charge is 0.252 e. The lowest BCUT2D eigenvalue weighted by molar-refractivity contribution is 0.582. The average Bonchev–Trinajstić information content (AvgIpc) is 3.84. The van der Waals surface area contributed by atoms with Crippen LogP contribution >= 0.6 is 34.4 Å². The van der Waals surface area contributed by atoms with Gasteiger partial charge in [-0.05, 0) is 79.1 Å². The number of hydrogen-bond acceptors (Lipinski definition) is 7. The zero-order chi connectivity index (χ0) is 31.8. The molecular formula is C37H32F2N4S3. The summed E-state index contributed by atoms with van der Waals surface area (Å²) in [6.45, 7) is 6.50. The van der Waals surface area contributed by atoms with Crippen molar-refractivity contribution in [3.05, 3.63) is 95.8 Å². The maximum Gasteiger partial charge on any atom is 0.132 e. The number of fused-ring (bicyclic) bond motifs is 2. The smallest absolute Gasteiger partial charge is 0.132 e. The number of thiophene rings is 2. The summed E-state index contributed by atoms with van der Waals surface area (Å²) in [5.74, 6) is 0.148. The van der Waals surface area contributed by atoms with Crippen LogP contribution in [0, 0.1) is 17.6 Å². The minimum absolute atomic E-state index is 0.211. The van der Waals surface area contributed by atoms with Crippen LogP contribution in [0.25, 0.3) is 63.8 Å². The van der Waals surface area contributed by atoms with Gasteiger partial charge >= 0.3 is 0 Å². The van der Waals surface area contributed by atoms with Gasteiger partial charge in [0.15, 0.2) is 0 Å². The van der Waals surface area contributed by atoms with E-state index in [-0.39, 0.29) is 11.6 Å². The molecule has 0 amide bonds. The molecule has 0 saturated carbocycles. The molecular weight excluding hydrogens is 635 g/mol. The molecule has 4 nitrogen and oxygen atoms in total. The Labute approximate surface area is 279 Å². The summed E-state index contributed by atoms with van der Waals surface area (Å²) < 4.78 is 40.0. The molecule has 0 unspecified atom stereocenters. The van der Waals surface area contributed by atoms with Crippen molar-refractivity contribution in [1.82, 2.24) is 18.7 Å². The maximum absolute atomic E-state index is 15.3. The van der Waals surface area contributed by atoms with Crippen LogP contribution in [0.5, 0.6) is 0 Å². The second-order valence-corrected chi connectivity index (χ2v) is 14.7. The Balaban J connectivity index is 1.29. The van der Waals surface area contributed by atoms with E-state index in [0.717, 1.165) is 96.6 Å². The third-order valence-corrected chi connectivity index (χ3v) is 11.1. The number of aryl methyl sites for hydroxylation is 2. The SMILES string of the molecule is CCCCc1ccc(-c2ccc(-c3c4nccnc4c(-c4ccc(-c5ccc(CCC(C)C)cc5F)s4)c4nsnc34)s2)c(F)c1. The molecule has 4 aromatic heterocycles. The molecule has 4 heterocycles. The number of benzene rings is 3. The quantitative estimate of drug-likeness (QED) is 0.146. The van der Waals surface area contributed by atoms with Gasteiger partial charge in [-0.3, -0.25) is 9.97 Å². The molecule has 7 aromatic rings. The predicted molar refractivity (Wildman–Crippen MR) is 190 cm³/mol. The van der Waals surface area contributed by atoms with Gasteiger partial charge in [0.1, 0.15) is 33.7 Å². The minimum Gasteiger partial charge on any atom is -0.252 e. The molecule has 0 N–H and O–H groups in total. The first-order valence-electron chi connectivity index (χ1n) is 15.6. The normalized spacial score (nSPS) is 11.8. The monoisotopic (exact) mass is 666 g/mol. The summed E-state index contributed by atoms with van der Waals surface area (Å²) in [5.41, 5.74) is 7.75. The summed E-state index contributed by atoms with van der Waals surface area (Å²) >= 11 is 4.16. The van der Waals surface area contributed by atoms with Crippen molar-refractivity contribution in [1.29, 1.82) is 0 Å². The number of aromatic nitrogens is 4. The molecule has 3 aromatic carbocycles. The molecule has 0 aliphatic rings. The van der Waals surface area contributed by atoms with Crippen LogP contribution in [0.3, 0.4) is 0 Å². The van der Waals surface area contributed by atoms with Crippen LogP contribution in [0.15, 0.2) is 73.1 Å². The zero-order valence-corrected chi connectivity index (χ0v) is 28.3. The van der Waals surface area contributed by atoms with Crippen molar-refractivity contribution in [2.24, 2.45) is 5.92 Å². The van der Waals surface area contributed by atoms with Crippen molar-refractivity contribution < 1.29 is 8.78 Å². The lowest BCUT2D eigenvalue weighted by atomic mass is 10.0. The molecule has 0 atom stereocenters. The van der Waals surface area contributed by atoms with Crippen LogP contribution in [-0.2, 0) is 12.8 Å². The maximum atomic E-state index is 15.3. The van der Waals surface area contributed by atoms with E-state index in [1.165, 1.54) is 22.7 Å². The summed E-state index contributed by atoms with van der Waals surface area (Å²) in [6, 6.07) is 19.1. The number of halogens is 2. The van der Waals surface area contributed by atoms with E-state index in [0.29, 0.717) is 28.1 Å². The van der Waals surface area contributed by atoms with Gasteiger partial charge in [0.25, 0.3) is 0 Å². The molecule has 0 spiro atoms. The van der Waals surface area contributed by atoms with Crippen molar-refractivity contribution in [2.45, 2.75) is 52.9 Å². The molecule has 232 valence electrons. The van der Waals surface area contributed by atoms with Crippen LogP contribution in [0.2, 0.25) is 0 Å². The van der Waals surface area contributed by atoms with Crippen molar-refractivity contribution >= 4 is 56.5 Å². The fraction of sp³-hybridized carbons (Fsp3) is 0.243. The second-order valence-electron chi connectivity index (χ2n) is 12.0. The van der Waals surface area contributed by atoms with Gasteiger partial charge in [0.2, 0.25) is 0 Å². The highest BCUT2D eigenvalue weighted by atomic mass is 32.1. The van der Waals surface area contributed by atoms with E-state index >= 15 is 8.78 Å². The Bertz CT molecular complexity index is 2180. The van der Waals surface area contributed by atoms with E-state index in [1.807, 2.05) is 48.5 Å². The standard InChI is InChI=1S/C37H32F2N4S3/c1-4-5-6-22-9-11-24(26(38)19-22)28-13-15-30(44-28)32-34-35(41-18-17-40-34)33(37-36(32)42-46-43-37)31-16-14-29(45-31)25-12-10-23(20-27(25)39)8-7-21(2)3/h9-21H,4-8H2,1-3H3. The van der Waals surface area contributed by atoms with E-state index in [2.05, 4.69) is 20.8 Å². The van der Waals surface area contributed by atoms with Gasteiger partial charge in [-0.25, -0.2) is 8.78 Å². The van der Waals surface area contributed by atoms with E-state index in [9.17, 15) is 0 Å². The highest BCUT2D eigenvalue weighted by molar-refractivity contribution is 7.19. The van der Waals surface area contributed by atoms with Gasteiger partial charge in [0, 0.05) is 54.2 Å². The summed E-state index contributed by atoms with van der Waals surface area (Å²) in [4.78, 5) is 13.1. The molecule has 9 heteroatoms. The third-order valence-electron chi connectivity index (χ3n) is 8.27.